The monoisotopic (exact) mass is 213 g/mol. The highest BCUT2D eigenvalue weighted by Gasteiger charge is 1.96. The molecule has 1 radical (unpaired) electrons. The zero-order chi connectivity index (χ0) is 11.2. The van der Waals surface area contributed by atoms with E-state index in [0.717, 1.165) is 19.4 Å². The molecule has 1 nitrogen and oxygen atoms in total. The second-order valence-electron chi connectivity index (χ2n) is 3.90. The molecule has 0 unspecified atom stereocenters. The molecule has 0 saturated carbocycles. The highest BCUT2D eigenvalue weighted by Crippen LogP contribution is 2.16. The average molecular weight is 213 g/mol. The molecule has 0 saturated heterocycles. The molecule has 2 aromatic rings. The standard InChI is InChI=1S/C15H17O/c1-2-16-11-5-6-13-9-10-14-7-3-4-8-15(14)12-13/h3-4,7-10,12H,1-2,5-6,11H2. The minimum Gasteiger partial charge on any atom is -0.381 e. The molecule has 0 fully saturated rings. The largest absolute Gasteiger partial charge is 0.381 e. The lowest BCUT2D eigenvalue weighted by atomic mass is 10.0. The van der Waals surface area contributed by atoms with Crippen molar-refractivity contribution in [2.75, 3.05) is 13.2 Å². The Kier molecular flexibility index (Phi) is 3.95. The van der Waals surface area contributed by atoms with Gasteiger partial charge in [-0.15, -0.1) is 0 Å². The van der Waals surface area contributed by atoms with Crippen LogP contribution in [0.2, 0.25) is 0 Å². The van der Waals surface area contributed by atoms with Gasteiger partial charge >= 0.3 is 0 Å². The number of fused-ring (bicyclic) bond motifs is 1. The molecule has 0 aliphatic rings. The molecule has 0 amide bonds. The summed E-state index contributed by atoms with van der Waals surface area (Å²) >= 11 is 0. The molecule has 16 heavy (non-hydrogen) atoms. The van der Waals surface area contributed by atoms with Crippen LogP contribution in [-0.2, 0) is 11.2 Å². The van der Waals surface area contributed by atoms with E-state index in [1.807, 2.05) is 0 Å². The van der Waals surface area contributed by atoms with Gasteiger partial charge in [-0.05, 0) is 36.1 Å². The van der Waals surface area contributed by atoms with Crippen LogP contribution >= 0.6 is 0 Å². The molecule has 0 spiro atoms. The Balaban J connectivity index is 2.02. The van der Waals surface area contributed by atoms with Crippen LogP contribution in [0.1, 0.15) is 12.0 Å². The highest BCUT2D eigenvalue weighted by molar-refractivity contribution is 5.82. The molecule has 0 N–H and O–H groups in total. The van der Waals surface area contributed by atoms with Crippen LogP contribution in [0.5, 0.6) is 0 Å². The molecule has 2 aromatic carbocycles. The number of ether oxygens (including phenoxy) is 1. The Hall–Kier alpha value is -1.34. The maximum absolute atomic E-state index is 5.23. The molecule has 0 aliphatic heterocycles. The van der Waals surface area contributed by atoms with Crippen LogP contribution in [0.25, 0.3) is 10.8 Å². The number of rotatable bonds is 5. The average Bonchev–Trinajstić information content (AvgIpc) is 2.34. The van der Waals surface area contributed by atoms with E-state index < -0.39 is 0 Å². The van der Waals surface area contributed by atoms with E-state index >= 15 is 0 Å². The van der Waals surface area contributed by atoms with E-state index in [4.69, 9.17) is 4.74 Å². The van der Waals surface area contributed by atoms with Gasteiger partial charge in [-0.3, -0.25) is 0 Å². The van der Waals surface area contributed by atoms with Crippen molar-refractivity contribution in [1.29, 1.82) is 0 Å². The summed E-state index contributed by atoms with van der Waals surface area (Å²) in [6, 6.07) is 15.1. The number of hydrogen-bond donors (Lipinski definition) is 0. The predicted molar refractivity (Wildman–Crippen MR) is 68.4 cm³/mol. The fourth-order valence-corrected chi connectivity index (χ4v) is 1.87. The lowest BCUT2D eigenvalue weighted by molar-refractivity contribution is 0.158. The van der Waals surface area contributed by atoms with Gasteiger partial charge in [-0.25, -0.2) is 0 Å². The summed E-state index contributed by atoms with van der Waals surface area (Å²) in [5.41, 5.74) is 1.38. The third kappa shape index (κ3) is 2.83. The molecule has 83 valence electrons. The van der Waals surface area contributed by atoms with Gasteiger partial charge in [0.2, 0.25) is 0 Å². The maximum atomic E-state index is 5.23. The molecule has 2 rings (SSSR count). The molecular weight excluding hydrogens is 196 g/mol. The van der Waals surface area contributed by atoms with Crippen molar-refractivity contribution in [1.82, 2.24) is 0 Å². The number of hydrogen-bond acceptors (Lipinski definition) is 1. The summed E-state index contributed by atoms with van der Waals surface area (Å²) in [5, 5.41) is 2.62. The molecule has 0 aliphatic carbocycles. The minimum absolute atomic E-state index is 0.567. The van der Waals surface area contributed by atoms with Crippen molar-refractivity contribution in [3.8, 4) is 0 Å². The Labute approximate surface area is 97.1 Å². The van der Waals surface area contributed by atoms with Crippen molar-refractivity contribution in [2.24, 2.45) is 0 Å². The SMILES string of the molecule is [CH2]COCCCc1ccc2ccccc2c1. The summed E-state index contributed by atoms with van der Waals surface area (Å²) in [6.45, 7) is 5.02. The number of aryl methyl sites for hydroxylation is 1. The van der Waals surface area contributed by atoms with Crippen molar-refractivity contribution in [2.45, 2.75) is 12.8 Å². The maximum Gasteiger partial charge on any atom is 0.0469 e. The Morgan fingerprint density at radius 3 is 2.62 bits per heavy atom. The van der Waals surface area contributed by atoms with Gasteiger partial charge in [0.1, 0.15) is 0 Å². The van der Waals surface area contributed by atoms with Crippen LogP contribution in [0.15, 0.2) is 42.5 Å². The third-order valence-corrected chi connectivity index (χ3v) is 2.71. The van der Waals surface area contributed by atoms with Crippen molar-refractivity contribution >= 4 is 10.8 Å². The van der Waals surface area contributed by atoms with Crippen molar-refractivity contribution in [3.05, 3.63) is 55.0 Å². The molecular formula is C15H17O. The van der Waals surface area contributed by atoms with Gasteiger partial charge in [-0.2, -0.15) is 0 Å². The smallest absolute Gasteiger partial charge is 0.0469 e. The van der Waals surface area contributed by atoms with E-state index in [1.165, 1.54) is 16.3 Å². The van der Waals surface area contributed by atoms with E-state index in [0.29, 0.717) is 6.61 Å². The highest BCUT2D eigenvalue weighted by atomic mass is 16.5. The first kappa shape index (κ1) is 11.2. The van der Waals surface area contributed by atoms with E-state index in [-0.39, 0.29) is 0 Å². The van der Waals surface area contributed by atoms with Gasteiger partial charge in [0, 0.05) is 13.2 Å². The van der Waals surface area contributed by atoms with Gasteiger partial charge in [0.05, 0.1) is 0 Å². The van der Waals surface area contributed by atoms with E-state index in [9.17, 15) is 0 Å². The quantitative estimate of drug-likeness (QED) is 0.689. The van der Waals surface area contributed by atoms with Crippen molar-refractivity contribution in [3.63, 3.8) is 0 Å². The first-order valence-corrected chi connectivity index (χ1v) is 5.75. The van der Waals surface area contributed by atoms with E-state index in [1.54, 1.807) is 0 Å². The summed E-state index contributed by atoms with van der Waals surface area (Å²) in [6.07, 6.45) is 2.14. The molecule has 0 aromatic heterocycles. The minimum atomic E-state index is 0.567. The first-order valence-electron chi connectivity index (χ1n) is 5.75. The molecule has 1 heteroatoms. The molecule has 0 heterocycles. The summed E-state index contributed by atoms with van der Waals surface area (Å²) in [4.78, 5) is 0. The lowest BCUT2D eigenvalue weighted by Gasteiger charge is -2.04. The van der Waals surface area contributed by atoms with Crippen LogP contribution in [0.4, 0.5) is 0 Å². The summed E-state index contributed by atoms with van der Waals surface area (Å²) in [5.74, 6) is 0. The second-order valence-corrected chi connectivity index (χ2v) is 3.90. The van der Waals surface area contributed by atoms with Crippen LogP contribution in [0, 0.1) is 6.92 Å². The van der Waals surface area contributed by atoms with Crippen LogP contribution < -0.4 is 0 Å². The Bertz CT molecular complexity index is 448. The first-order chi connectivity index (χ1) is 7.90. The van der Waals surface area contributed by atoms with Gasteiger partial charge in [-0.1, -0.05) is 42.5 Å². The lowest BCUT2D eigenvalue weighted by Crippen LogP contribution is -1.95. The normalized spacial score (nSPS) is 10.8. The van der Waals surface area contributed by atoms with Gasteiger partial charge in [0.15, 0.2) is 0 Å². The fraction of sp³-hybridized carbons (Fsp3) is 0.267. The number of benzene rings is 2. The van der Waals surface area contributed by atoms with Crippen LogP contribution in [0.3, 0.4) is 0 Å². The zero-order valence-electron chi connectivity index (χ0n) is 9.49. The molecule has 0 bridgehead atoms. The second kappa shape index (κ2) is 5.66. The van der Waals surface area contributed by atoms with Crippen molar-refractivity contribution < 1.29 is 4.74 Å². The predicted octanol–water partition coefficient (Wildman–Crippen LogP) is 3.62. The Morgan fingerprint density at radius 2 is 1.81 bits per heavy atom. The van der Waals surface area contributed by atoms with Gasteiger partial charge in [0.25, 0.3) is 0 Å². The summed E-state index contributed by atoms with van der Waals surface area (Å²) < 4.78 is 5.23. The van der Waals surface area contributed by atoms with Gasteiger partial charge < -0.3 is 4.74 Å². The summed E-state index contributed by atoms with van der Waals surface area (Å²) in [7, 11) is 0. The zero-order valence-corrected chi connectivity index (χ0v) is 9.49. The topological polar surface area (TPSA) is 9.23 Å². The third-order valence-electron chi connectivity index (χ3n) is 2.71. The fourth-order valence-electron chi connectivity index (χ4n) is 1.87. The van der Waals surface area contributed by atoms with Crippen LogP contribution in [-0.4, -0.2) is 13.2 Å². The molecule has 0 atom stereocenters. The Morgan fingerprint density at radius 1 is 1.00 bits per heavy atom. The van der Waals surface area contributed by atoms with E-state index in [2.05, 4.69) is 49.4 Å².